The SMILES string of the molecule is COCCOC1C(OP(OCCC#N)N(C(C)C)C(C)C)C(COC(c2ccccc2)(c2ccc(OC)cc2)c2ccc(OC)cc2)OC1N1CCC(=O)NC1=O. The van der Waals surface area contributed by atoms with Gasteiger partial charge in [0.25, 0.3) is 8.53 Å². The highest BCUT2D eigenvalue weighted by atomic mass is 31.2. The molecule has 5 unspecified atom stereocenters. The predicted molar refractivity (Wildman–Crippen MR) is 213 cm³/mol. The Morgan fingerprint density at radius 3 is 1.98 bits per heavy atom. The first-order valence-corrected chi connectivity index (χ1v) is 20.3. The van der Waals surface area contributed by atoms with Crippen LogP contribution >= 0.6 is 8.53 Å². The monoisotopic (exact) mass is 806 g/mol. The van der Waals surface area contributed by atoms with Gasteiger partial charge in [0.2, 0.25) is 5.91 Å². The minimum Gasteiger partial charge on any atom is -0.497 e. The number of amides is 3. The molecule has 5 rings (SSSR count). The number of carbonyl (C=O) groups is 2. The molecule has 57 heavy (non-hydrogen) atoms. The van der Waals surface area contributed by atoms with Gasteiger partial charge in [-0.3, -0.25) is 15.0 Å². The van der Waals surface area contributed by atoms with Crippen molar-refractivity contribution in [2.45, 2.75) is 82.8 Å². The normalized spacial score (nSPS) is 20.5. The summed E-state index contributed by atoms with van der Waals surface area (Å²) >= 11 is 0. The van der Waals surface area contributed by atoms with Crippen LogP contribution in [0.3, 0.4) is 0 Å². The van der Waals surface area contributed by atoms with E-state index in [0.717, 1.165) is 16.7 Å². The van der Waals surface area contributed by atoms with Crippen LogP contribution in [0.2, 0.25) is 0 Å². The molecule has 0 bridgehead atoms. The molecule has 0 radical (unpaired) electrons. The van der Waals surface area contributed by atoms with Crippen molar-refractivity contribution in [3.63, 3.8) is 0 Å². The van der Waals surface area contributed by atoms with E-state index in [4.69, 9.17) is 37.5 Å². The maximum atomic E-state index is 13.4. The van der Waals surface area contributed by atoms with E-state index in [2.05, 4.69) is 43.8 Å². The second-order valence-corrected chi connectivity index (χ2v) is 15.5. The van der Waals surface area contributed by atoms with E-state index >= 15 is 0 Å². The van der Waals surface area contributed by atoms with Gasteiger partial charge in [0.15, 0.2) is 6.23 Å². The quantitative estimate of drug-likeness (QED) is 0.0724. The first-order valence-electron chi connectivity index (χ1n) is 19.2. The molecule has 2 heterocycles. The lowest BCUT2D eigenvalue weighted by Gasteiger charge is -2.39. The smallest absolute Gasteiger partial charge is 0.326 e. The Morgan fingerprint density at radius 2 is 1.46 bits per heavy atom. The van der Waals surface area contributed by atoms with Crippen LogP contribution in [0.25, 0.3) is 0 Å². The number of rotatable bonds is 21. The zero-order valence-electron chi connectivity index (χ0n) is 33.8. The molecule has 5 atom stereocenters. The summed E-state index contributed by atoms with van der Waals surface area (Å²) in [6.07, 6.45) is -3.26. The van der Waals surface area contributed by atoms with Crippen molar-refractivity contribution in [3.8, 4) is 17.6 Å². The lowest BCUT2D eigenvalue weighted by Crippen LogP contribution is -2.57. The van der Waals surface area contributed by atoms with Gasteiger partial charge in [0, 0.05) is 32.2 Å². The average molecular weight is 807 g/mol. The largest absolute Gasteiger partial charge is 0.497 e. The Labute approximate surface area is 337 Å². The Balaban J connectivity index is 1.64. The number of imide groups is 1. The van der Waals surface area contributed by atoms with E-state index in [-0.39, 0.29) is 63.8 Å². The minimum absolute atomic E-state index is 0.00799. The highest BCUT2D eigenvalue weighted by molar-refractivity contribution is 7.44. The van der Waals surface area contributed by atoms with E-state index in [9.17, 15) is 14.9 Å². The van der Waals surface area contributed by atoms with Gasteiger partial charge in [-0.2, -0.15) is 5.26 Å². The molecule has 1 N–H and O–H groups in total. The summed E-state index contributed by atoms with van der Waals surface area (Å²) in [7, 11) is 3.02. The predicted octanol–water partition coefficient (Wildman–Crippen LogP) is 6.37. The highest BCUT2D eigenvalue weighted by Gasteiger charge is 2.53. The molecule has 15 heteroatoms. The van der Waals surface area contributed by atoms with Crippen LogP contribution in [0.1, 0.15) is 57.2 Å². The Bertz CT molecular complexity index is 1700. The number of nitrogens with zero attached hydrogens (tertiary/aromatic N) is 3. The third kappa shape index (κ3) is 10.5. The number of benzene rings is 3. The topological polar surface area (TPSA) is 150 Å². The first kappa shape index (κ1) is 44.0. The lowest BCUT2D eigenvalue weighted by molar-refractivity contribution is -0.130. The summed E-state index contributed by atoms with van der Waals surface area (Å²) in [5.41, 5.74) is 1.30. The molecule has 308 valence electrons. The van der Waals surface area contributed by atoms with Crippen molar-refractivity contribution in [1.29, 1.82) is 5.26 Å². The second kappa shape index (κ2) is 21.0. The van der Waals surface area contributed by atoms with Gasteiger partial charge in [0.05, 0.1) is 53.1 Å². The summed E-state index contributed by atoms with van der Waals surface area (Å²) in [5.74, 6) is 0.999. The fourth-order valence-corrected chi connectivity index (χ4v) is 8.93. The molecule has 14 nitrogen and oxygen atoms in total. The molecule has 0 aliphatic carbocycles. The lowest BCUT2D eigenvalue weighted by atomic mass is 9.80. The molecule has 0 spiro atoms. The summed E-state index contributed by atoms with van der Waals surface area (Å²) in [6, 6.07) is 26.9. The van der Waals surface area contributed by atoms with Gasteiger partial charge < -0.3 is 37.5 Å². The molecule has 3 aromatic rings. The molecule has 2 aliphatic rings. The molecular weight excluding hydrogens is 751 g/mol. The zero-order chi connectivity index (χ0) is 41.0. The molecular formula is C42H55N4O10P. The highest BCUT2D eigenvalue weighted by Crippen LogP contribution is 2.50. The van der Waals surface area contributed by atoms with Gasteiger partial charge >= 0.3 is 6.03 Å². The Morgan fingerprint density at radius 1 is 0.860 bits per heavy atom. The minimum atomic E-state index is -1.80. The maximum absolute atomic E-state index is 13.4. The zero-order valence-corrected chi connectivity index (χ0v) is 34.7. The number of urea groups is 1. The Kier molecular flexibility index (Phi) is 16.2. The van der Waals surface area contributed by atoms with Gasteiger partial charge in [0.1, 0.15) is 35.4 Å². The third-order valence-corrected chi connectivity index (χ3v) is 11.9. The van der Waals surface area contributed by atoms with Crippen molar-refractivity contribution in [3.05, 3.63) is 95.6 Å². The van der Waals surface area contributed by atoms with Crippen LogP contribution in [0.4, 0.5) is 4.79 Å². The van der Waals surface area contributed by atoms with Gasteiger partial charge in [-0.05, 0) is 68.7 Å². The standard InChI is InChI=1S/C42H55N4O10P/c1-29(2)46(30(3)4)57(54-25-11-23-43)56-38-36(55-40(39(38)52-27-26-49-5)45-24-22-37(47)44-41(45)48)28-53-42(31-12-9-8-10-13-31,32-14-18-34(50-6)19-15-32)33-16-20-35(51-7)21-17-33/h8-10,12-21,29-30,36,38-40H,11,22,24-28H2,1-7H3,(H,44,47,48). The number of carbonyl (C=O) groups excluding carboxylic acids is 2. The van der Waals surface area contributed by atoms with E-state index in [0.29, 0.717) is 11.5 Å². The number of methoxy groups -OCH3 is 3. The number of hydrogen-bond donors (Lipinski definition) is 1. The van der Waals surface area contributed by atoms with Crippen LogP contribution in [0.15, 0.2) is 78.9 Å². The van der Waals surface area contributed by atoms with E-state index < -0.39 is 44.7 Å². The van der Waals surface area contributed by atoms with Gasteiger partial charge in [-0.25, -0.2) is 9.46 Å². The first-order chi connectivity index (χ1) is 27.6. The summed E-state index contributed by atoms with van der Waals surface area (Å²) in [6.45, 7) is 8.88. The van der Waals surface area contributed by atoms with E-state index in [1.807, 2.05) is 78.9 Å². The van der Waals surface area contributed by atoms with Crippen molar-refractivity contribution in [2.24, 2.45) is 0 Å². The maximum Gasteiger partial charge on any atom is 0.326 e. The Hall–Kier alpha value is -4.16. The van der Waals surface area contributed by atoms with Crippen molar-refractivity contribution < 1.29 is 47.1 Å². The van der Waals surface area contributed by atoms with E-state index in [1.165, 1.54) is 4.90 Å². The summed E-state index contributed by atoms with van der Waals surface area (Å²) in [4.78, 5) is 27.2. The number of hydrogen-bond acceptors (Lipinski definition) is 12. The van der Waals surface area contributed by atoms with Crippen LogP contribution < -0.4 is 14.8 Å². The number of nitrogens with one attached hydrogen (secondary N) is 1. The van der Waals surface area contributed by atoms with Crippen molar-refractivity contribution >= 4 is 20.5 Å². The second-order valence-electron chi connectivity index (χ2n) is 14.1. The number of ether oxygens (including phenoxy) is 6. The van der Waals surface area contributed by atoms with Gasteiger partial charge in [-0.1, -0.05) is 54.6 Å². The van der Waals surface area contributed by atoms with Crippen LogP contribution in [0.5, 0.6) is 11.5 Å². The molecule has 2 aliphatic heterocycles. The van der Waals surface area contributed by atoms with E-state index in [1.54, 1.807) is 21.3 Å². The average Bonchev–Trinajstić information content (AvgIpc) is 3.54. The van der Waals surface area contributed by atoms with Crippen molar-refractivity contribution in [1.82, 2.24) is 14.9 Å². The molecule has 3 amide bonds. The molecule has 2 saturated heterocycles. The number of nitriles is 1. The van der Waals surface area contributed by atoms with Crippen molar-refractivity contribution in [2.75, 3.05) is 54.3 Å². The molecule has 3 aromatic carbocycles. The molecule has 2 fully saturated rings. The van der Waals surface area contributed by atoms with Crippen LogP contribution in [-0.4, -0.2) is 112 Å². The summed E-state index contributed by atoms with van der Waals surface area (Å²) in [5, 5.41) is 11.8. The fraction of sp³-hybridized carbons (Fsp3) is 0.500. The van der Waals surface area contributed by atoms with Gasteiger partial charge in [-0.15, -0.1) is 0 Å². The summed E-state index contributed by atoms with van der Waals surface area (Å²) < 4.78 is 52.6. The third-order valence-electron chi connectivity index (χ3n) is 9.79. The van der Waals surface area contributed by atoms with Crippen LogP contribution in [-0.2, 0) is 38.4 Å². The fourth-order valence-electron chi connectivity index (χ4n) is 7.17. The molecule has 0 aromatic heterocycles. The molecule has 0 saturated carbocycles. The van der Waals surface area contributed by atoms with Crippen LogP contribution in [0, 0.1) is 11.3 Å².